The number of alkyl halides is 1. The van der Waals surface area contributed by atoms with Crippen molar-refractivity contribution in [3.63, 3.8) is 0 Å². The number of anilines is 1. The second kappa shape index (κ2) is 4.66. The van der Waals surface area contributed by atoms with Gasteiger partial charge in [0, 0.05) is 16.4 Å². The van der Waals surface area contributed by atoms with E-state index in [1.807, 2.05) is 12.1 Å². The molecule has 0 saturated carbocycles. The van der Waals surface area contributed by atoms with Crippen molar-refractivity contribution < 1.29 is 8.42 Å². The van der Waals surface area contributed by atoms with Crippen LogP contribution >= 0.6 is 15.9 Å². The van der Waals surface area contributed by atoms with Crippen LogP contribution in [0.15, 0.2) is 41.3 Å². The van der Waals surface area contributed by atoms with Crippen LogP contribution in [-0.4, -0.2) is 19.5 Å². The maximum absolute atomic E-state index is 12.1. The van der Waals surface area contributed by atoms with Crippen LogP contribution in [0.1, 0.15) is 0 Å². The summed E-state index contributed by atoms with van der Waals surface area (Å²) in [4.78, 5) is 0.349. The van der Waals surface area contributed by atoms with E-state index in [1.54, 1.807) is 24.3 Å². The molecule has 90 valence electrons. The molecule has 0 saturated heterocycles. The number of hydrogen-bond acceptors (Lipinski definition) is 3. The molecular weight excluding hydrogens is 302 g/mol. The number of halogens is 1. The predicted octanol–water partition coefficient (Wildman–Crippen LogP) is 2.59. The first-order valence-corrected chi connectivity index (χ1v) is 7.89. The number of nitrogens with two attached hydrogens (primary N) is 1. The Balaban J connectivity index is 2.74. The van der Waals surface area contributed by atoms with E-state index in [0.717, 1.165) is 5.39 Å². The quantitative estimate of drug-likeness (QED) is 0.700. The van der Waals surface area contributed by atoms with Crippen molar-refractivity contribution >= 4 is 42.2 Å². The van der Waals surface area contributed by atoms with Crippen LogP contribution in [0.3, 0.4) is 0 Å². The molecular formula is C12H12BrNO2S. The van der Waals surface area contributed by atoms with Crippen LogP contribution in [0, 0.1) is 0 Å². The zero-order valence-corrected chi connectivity index (χ0v) is 11.5. The molecule has 0 spiro atoms. The molecule has 0 atom stereocenters. The molecule has 0 unspecified atom stereocenters. The highest BCUT2D eigenvalue weighted by molar-refractivity contribution is 9.09. The number of fused-ring (bicyclic) bond motifs is 1. The Morgan fingerprint density at radius 3 is 2.65 bits per heavy atom. The molecule has 2 aromatic rings. The molecule has 2 aromatic carbocycles. The van der Waals surface area contributed by atoms with Crippen molar-refractivity contribution in [1.29, 1.82) is 0 Å². The van der Waals surface area contributed by atoms with E-state index in [1.165, 1.54) is 0 Å². The maximum atomic E-state index is 12.1. The van der Waals surface area contributed by atoms with Crippen LogP contribution in [0.5, 0.6) is 0 Å². The Hall–Kier alpha value is -1.07. The first-order valence-electron chi connectivity index (χ1n) is 5.11. The molecule has 0 heterocycles. The first kappa shape index (κ1) is 12.4. The zero-order valence-electron chi connectivity index (χ0n) is 9.06. The Labute approximate surface area is 109 Å². The second-order valence-electron chi connectivity index (χ2n) is 3.74. The van der Waals surface area contributed by atoms with Gasteiger partial charge in [-0.25, -0.2) is 8.42 Å². The van der Waals surface area contributed by atoms with Crippen LogP contribution in [0.25, 0.3) is 10.8 Å². The molecule has 5 heteroatoms. The van der Waals surface area contributed by atoms with Gasteiger partial charge in [-0.3, -0.25) is 0 Å². The van der Waals surface area contributed by atoms with Gasteiger partial charge in [0.1, 0.15) is 0 Å². The topological polar surface area (TPSA) is 60.2 Å². The van der Waals surface area contributed by atoms with Gasteiger partial charge in [0.15, 0.2) is 9.84 Å². The molecule has 2 rings (SSSR count). The van der Waals surface area contributed by atoms with Gasteiger partial charge in [-0.2, -0.15) is 0 Å². The molecule has 0 aliphatic heterocycles. The second-order valence-corrected chi connectivity index (χ2v) is 6.62. The summed E-state index contributed by atoms with van der Waals surface area (Å²) < 4.78 is 24.2. The molecule has 0 bridgehead atoms. The number of rotatable bonds is 3. The van der Waals surface area contributed by atoms with Gasteiger partial charge in [0.2, 0.25) is 0 Å². The van der Waals surface area contributed by atoms with Crippen LogP contribution in [0.2, 0.25) is 0 Å². The number of hydrogen-bond donors (Lipinski definition) is 1. The maximum Gasteiger partial charge on any atom is 0.179 e. The average Bonchev–Trinajstić information content (AvgIpc) is 2.28. The largest absolute Gasteiger partial charge is 0.399 e. The SMILES string of the molecule is Nc1ccc2cccc(S(=O)(=O)CCBr)c2c1. The van der Waals surface area contributed by atoms with E-state index >= 15 is 0 Å². The van der Waals surface area contributed by atoms with E-state index in [9.17, 15) is 8.42 Å². The minimum atomic E-state index is -3.26. The Morgan fingerprint density at radius 2 is 1.94 bits per heavy atom. The van der Waals surface area contributed by atoms with Crippen molar-refractivity contribution in [2.75, 3.05) is 16.8 Å². The predicted molar refractivity (Wildman–Crippen MR) is 74.2 cm³/mol. The van der Waals surface area contributed by atoms with Gasteiger partial charge in [0.25, 0.3) is 0 Å². The normalized spacial score (nSPS) is 11.8. The molecule has 0 aromatic heterocycles. The Bertz CT molecular complexity index is 653. The zero-order chi connectivity index (χ0) is 12.5. The summed E-state index contributed by atoms with van der Waals surface area (Å²) in [5, 5.41) is 2.00. The number of benzene rings is 2. The summed E-state index contributed by atoms with van der Waals surface area (Å²) in [5.74, 6) is 0.0842. The van der Waals surface area contributed by atoms with E-state index < -0.39 is 9.84 Å². The third-order valence-corrected chi connectivity index (χ3v) is 5.24. The van der Waals surface area contributed by atoms with E-state index in [2.05, 4.69) is 15.9 Å². The highest BCUT2D eigenvalue weighted by Gasteiger charge is 2.16. The fourth-order valence-electron chi connectivity index (χ4n) is 1.74. The van der Waals surface area contributed by atoms with Crippen LogP contribution in [-0.2, 0) is 9.84 Å². The summed E-state index contributed by atoms with van der Waals surface area (Å²) >= 11 is 3.16. The van der Waals surface area contributed by atoms with Crippen molar-refractivity contribution in [1.82, 2.24) is 0 Å². The highest BCUT2D eigenvalue weighted by Crippen LogP contribution is 2.26. The van der Waals surface area contributed by atoms with E-state index in [0.29, 0.717) is 21.3 Å². The Morgan fingerprint density at radius 1 is 1.18 bits per heavy atom. The van der Waals surface area contributed by atoms with Gasteiger partial charge in [0.05, 0.1) is 10.6 Å². The van der Waals surface area contributed by atoms with Gasteiger partial charge < -0.3 is 5.73 Å². The van der Waals surface area contributed by atoms with Gasteiger partial charge >= 0.3 is 0 Å². The standard InChI is InChI=1S/C12H12BrNO2S/c13-6-7-17(15,16)12-3-1-2-9-4-5-10(14)8-11(9)12/h1-5,8H,6-7,14H2. The monoisotopic (exact) mass is 313 g/mol. The third kappa shape index (κ3) is 2.45. The third-order valence-electron chi connectivity index (χ3n) is 2.55. The molecule has 0 aliphatic rings. The van der Waals surface area contributed by atoms with Gasteiger partial charge in [-0.05, 0) is 23.6 Å². The minimum Gasteiger partial charge on any atom is -0.399 e. The average molecular weight is 314 g/mol. The summed E-state index contributed by atoms with van der Waals surface area (Å²) in [6, 6.07) is 10.6. The molecule has 17 heavy (non-hydrogen) atoms. The van der Waals surface area contributed by atoms with E-state index in [4.69, 9.17) is 5.73 Å². The fourth-order valence-corrected chi connectivity index (χ4v) is 4.24. The van der Waals surface area contributed by atoms with E-state index in [-0.39, 0.29) is 5.75 Å². The lowest BCUT2D eigenvalue weighted by Crippen LogP contribution is -2.08. The smallest absolute Gasteiger partial charge is 0.179 e. The first-order chi connectivity index (χ1) is 8.04. The van der Waals surface area contributed by atoms with Crippen molar-refractivity contribution in [2.24, 2.45) is 0 Å². The van der Waals surface area contributed by atoms with Crippen molar-refractivity contribution in [2.45, 2.75) is 4.90 Å². The molecule has 0 amide bonds. The number of nitrogen functional groups attached to an aromatic ring is 1. The molecule has 0 aliphatic carbocycles. The summed E-state index contributed by atoms with van der Waals surface area (Å²) in [5.41, 5.74) is 6.27. The summed E-state index contributed by atoms with van der Waals surface area (Å²) in [6.07, 6.45) is 0. The van der Waals surface area contributed by atoms with Crippen molar-refractivity contribution in [3.8, 4) is 0 Å². The minimum absolute atomic E-state index is 0.0842. The fraction of sp³-hybridized carbons (Fsp3) is 0.167. The molecule has 2 N–H and O–H groups in total. The summed E-state index contributed by atoms with van der Waals surface area (Å²) in [7, 11) is -3.26. The Kier molecular flexibility index (Phi) is 3.40. The van der Waals surface area contributed by atoms with Crippen LogP contribution in [0.4, 0.5) is 5.69 Å². The summed E-state index contributed by atoms with van der Waals surface area (Å²) in [6.45, 7) is 0. The number of sulfone groups is 1. The molecule has 3 nitrogen and oxygen atoms in total. The van der Waals surface area contributed by atoms with Crippen LogP contribution < -0.4 is 5.73 Å². The lowest BCUT2D eigenvalue weighted by molar-refractivity contribution is 0.598. The highest BCUT2D eigenvalue weighted by atomic mass is 79.9. The molecule has 0 radical (unpaired) electrons. The lowest BCUT2D eigenvalue weighted by atomic mass is 10.1. The molecule has 0 fully saturated rings. The van der Waals surface area contributed by atoms with Gasteiger partial charge in [-0.1, -0.05) is 34.1 Å². The van der Waals surface area contributed by atoms with Gasteiger partial charge in [-0.15, -0.1) is 0 Å². The van der Waals surface area contributed by atoms with Crippen molar-refractivity contribution in [3.05, 3.63) is 36.4 Å². The lowest BCUT2D eigenvalue weighted by Gasteiger charge is -2.07.